The maximum absolute atomic E-state index is 11.2. The summed E-state index contributed by atoms with van der Waals surface area (Å²) in [4.78, 5) is 13.9. The van der Waals surface area contributed by atoms with Crippen molar-refractivity contribution < 1.29 is 18.3 Å². The van der Waals surface area contributed by atoms with Crippen molar-refractivity contribution in [2.75, 3.05) is 10.5 Å². The van der Waals surface area contributed by atoms with Gasteiger partial charge >= 0.3 is 0 Å². The molecule has 0 bridgehead atoms. The van der Waals surface area contributed by atoms with Gasteiger partial charge in [-0.05, 0) is 19.1 Å². The molecule has 1 N–H and O–H groups in total. The fourth-order valence-electron chi connectivity index (χ4n) is 0.857. The summed E-state index contributed by atoms with van der Waals surface area (Å²) in [5, 5.41) is 10.4. The fourth-order valence-corrected chi connectivity index (χ4v) is 1.49. The van der Waals surface area contributed by atoms with Crippen molar-refractivity contribution in [2.45, 2.75) is 6.92 Å². The molecule has 15 heavy (non-hydrogen) atoms. The molecule has 0 fully saturated rings. The van der Waals surface area contributed by atoms with E-state index in [-0.39, 0.29) is 17.1 Å². The number of nitrogens with one attached hydrogen (secondary N) is 1. The Bertz CT molecular complexity index is 469. The standard InChI is InChI=1S/C8H10N2O4S/c1-2-15(13,14)10-6-3-4-9-7(5-6)8(11)12/h3-5H,2H2,1H3,(H,9,10)(H,11,12)/p-1. The molecule has 0 unspecified atom stereocenters. The zero-order valence-corrected chi connectivity index (χ0v) is 8.74. The van der Waals surface area contributed by atoms with Gasteiger partial charge in [0.1, 0.15) is 0 Å². The lowest BCUT2D eigenvalue weighted by Crippen LogP contribution is -2.24. The van der Waals surface area contributed by atoms with Gasteiger partial charge in [-0.3, -0.25) is 9.71 Å². The van der Waals surface area contributed by atoms with Crippen molar-refractivity contribution in [1.29, 1.82) is 0 Å². The fraction of sp³-hybridized carbons (Fsp3) is 0.250. The van der Waals surface area contributed by atoms with Crippen LogP contribution in [0.3, 0.4) is 0 Å². The summed E-state index contributed by atoms with van der Waals surface area (Å²) >= 11 is 0. The van der Waals surface area contributed by atoms with Crippen LogP contribution in [0.4, 0.5) is 5.69 Å². The number of hydrogen-bond donors (Lipinski definition) is 1. The number of aromatic carboxylic acids is 1. The summed E-state index contributed by atoms with van der Waals surface area (Å²) in [6.07, 6.45) is 1.19. The molecule has 0 atom stereocenters. The van der Waals surface area contributed by atoms with Gasteiger partial charge in [0.25, 0.3) is 0 Å². The van der Waals surface area contributed by atoms with Crippen LogP contribution in [0, 0.1) is 0 Å². The predicted octanol–water partition coefficient (Wildman–Crippen LogP) is -0.793. The van der Waals surface area contributed by atoms with E-state index in [2.05, 4.69) is 9.71 Å². The molecule has 0 aliphatic carbocycles. The number of nitrogens with zero attached hydrogens (tertiary/aromatic N) is 1. The summed E-state index contributed by atoms with van der Waals surface area (Å²) in [5.41, 5.74) is -0.155. The highest BCUT2D eigenvalue weighted by molar-refractivity contribution is 7.92. The number of carbonyl (C=O) groups is 1. The van der Waals surface area contributed by atoms with Crippen molar-refractivity contribution in [3.63, 3.8) is 0 Å². The molecule has 0 radical (unpaired) electrons. The van der Waals surface area contributed by atoms with Gasteiger partial charge in [-0.2, -0.15) is 0 Å². The van der Waals surface area contributed by atoms with Crippen LogP contribution in [0.15, 0.2) is 18.3 Å². The predicted molar refractivity (Wildman–Crippen MR) is 51.7 cm³/mol. The molecule has 0 amide bonds. The van der Waals surface area contributed by atoms with Crippen molar-refractivity contribution in [3.05, 3.63) is 24.0 Å². The van der Waals surface area contributed by atoms with Gasteiger partial charge in [0.05, 0.1) is 23.1 Å². The zero-order chi connectivity index (χ0) is 11.5. The summed E-state index contributed by atoms with van der Waals surface area (Å²) in [7, 11) is -3.41. The number of carboxylic acids is 1. The number of sulfonamides is 1. The number of rotatable bonds is 4. The van der Waals surface area contributed by atoms with E-state index in [1.54, 1.807) is 0 Å². The van der Waals surface area contributed by atoms with Crippen LogP contribution < -0.4 is 9.83 Å². The van der Waals surface area contributed by atoms with Gasteiger partial charge in [-0.25, -0.2) is 8.42 Å². The minimum Gasteiger partial charge on any atom is -0.543 e. The molecule has 82 valence electrons. The van der Waals surface area contributed by atoms with Crippen molar-refractivity contribution in [3.8, 4) is 0 Å². The summed E-state index contributed by atoms with van der Waals surface area (Å²) in [6, 6.07) is 2.46. The second-order valence-electron chi connectivity index (χ2n) is 2.72. The normalized spacial score (nSPS) is 11.0. The Labute approximate surface area is 87.0 Å². The number of aromatic nitrogens is 1. The van der Waals surface area contributed by atoms with Gasteiger partial charge in [0.15, 0.2) is 0 Å². The van der Waals surface area contributed by atoms with E-state index in [9.17, 15) is 18.3 Å². The number of carboxylic acid groups (broad SMARTS) is 1. The van der Waals surface area contributed by atoms with Crippen LogP contribution in [-0.2, 0) is 10.0 Å². The van der Waals surface area contributed by atoms with Crippen LogP contribution >= 0.6 is 0 Å². The molecule has 0 saturated carbocycles. The SMILES string of the molecule is CCS(=O)(=O)Nc1ccnc(C(=O)[O-])c1. The van der Waals surface area contributed by atoms with Gasteiger partial charge in [-0.15, -0.1) is 0 Å². The van der Waals surface area contributed by atoms with Crippen LogP contribution in [0.25, 0.3) is 0 Å². The second kappa shape index (κ2) is 4.26. The van der Waals surface area contributed by atoms with E-state index in [1.165, 1.54) is 19.2 Å². The largest absolute Gasteiger partial charge is 0.543 e. The highest BCUT2D eigenvalue weighted by Gasteiger charge is 2.07. The Morgan fingerprint density at radius 3 is 2.80 bits per heavy atom. The Hall–Kier alpha value is -1.63. The highest BCUT2D eigenvalue weighted by Crippen LogP contribution is 2.09. The average molecular weight is 229 g/mol. The lowest BCUT2D eigenvalue weighted by atomic mass is 10.3. The van der Waals surface area contributed by atoms with Gasteiger partial charge < -0.3 is 9.90 Å². The Morgan fingerprint density at radius 2 is 2.27 bits per heavy atom. The maximum atomic E-state index is 11.2. The van der Waals surface area contributed by atoms with Crippen molar-refractivity contribution in [2.24, 2.45) is 0 Å². The smallest absolute Gasteiger partial charge is 0.232 e. The van der Waals surface area contributed by atoms with Crippen LogP contribution in [0.1, 0.15) is 17.4 Å². The van der Waals surface area contributed by atoms with Crippen LogP contribution in [-0.4, -0.2) is 25.1 Å². The zero-order valence-electron chi connectivity index (χ0n) is 7.93. The Morgan fingerprint density at radius 1 is 1.60 bits per heavy atom. The van der Waals surface area contributed by atoms with E-state index in [0.29, 0.717) is 0 Å². The number of carbonyl (C=O) groups excluding carboxylic acids is 1. The Kier molecular flexibility index (Phi) is 3.25. The van der Waals surface area contributed by atoms with Crippen LogP contribution in [0.2, 0.25) is 0 Å². The first-order chi connectivity index (χ1) is 6.94. The summed E-state index contributed by atoms with van der Waals surface area (Å²) in [6.45, 7) is 1.48. The lowest BCUT2D eigenvalue weighted by molar-refractivity contribution is -0.255. The minimum atomic E-state index is -3.41. The topological polar surface area (TPSA) is 99.2 Å². The highest BCUT2D eigenvalue weighted by atomic mass is 32.2. The number of pyridine rings is 1. The Balaban J connectivity index is 2.97. The lowest BCUT2D eigenvalue weighted by Gasteiger charge is -2.07. The van der Waals surface area contributed by atoms with Crippen LogP contribution in [0.5, 0.6) is 0 Å². The molecule has 1 heterocycles. The second-order valence-corrected chi connectivity index (χ2v) is 4.73. The molecule has 7 heteroatoms. The van der Waals surface area contributed by atoms with Crippen molar-refractivity contribution in [1.82, 2.24) is 4.98 Å². The molecule has 0 saturated heterocycles. The third kappa shape index (κ3) is 3.21. The minimum absolute atomic E-state index is 0.0873. The molecule has 1 rings (SSSR count). The van der Waals surface area contributed by atoms with E-state index >= 15 is 0 Å². The summed E-state index contributed by atoms with van der Waals surface area (Å²) in [5.74, 6) is -1.54. The molecule has 0 spiro atoms. The van der Waals surface area contributed by atoms with E-state index in [0.717, 1.165) is 6.07 Å². The molecular weight excluding hydrogens is 220 g/mol. The first-order valence-electron chi connectivity index (χ1n) is 4.12. The molecule has 0 aliphatic rings. The average Bonchev–Trinajstić information content (AvgIpc) is 2.17. The van der Waals surface area contributed by atoms with E-state index < -0.39 is 16.0 Å². The molecular formula is C8H9N2O4S-. The number of anilines is 1. The van der Waals surface area contributed by atoms with Gasteiger partial charge in [-0.1, -0.05) is 0 Å². The molecule has 1 aromatic heterocycles. The first kappa shape index (κ1) is 11.4. The molecule has 1 aromatic rings. The van der Waals surface area contributed by atoms with Gasteiger partial charge in [0.2, 0.25) is 10.0 Å². The molecule has 6 nitrogen and oxygen atoms in total. The molecule has 0 aliphatic heterocycles. The third-order valence-corrected chi connectivity index (χ3v) is 2.93. The van der Waals surface area contributed by atoms with Gasteiger partial charge in [0, 0.05) is 6.20 Å². The number of hydrogen-bond acceptors (Lipinski definition) is 5. The van der Waals surface area contributed by atoms with Crippen molar-refractivity contribution >= 4 is 21.7 Å². The quantitative estimate of drug-likeness (QED) is 0.729. The van der Waals surface area contributed by atoms with E-state index in [4.69, 9.17) is 0 Å². The monoisotopic (exact) mass is 229 g/mol. The van der Waals surface area contributed by atoms with E-state index in [1.807, 2.05) is 0 Å². The third-order valence-electron chi connectivity index (χ3n) is 1.62. The molecule has 0 aromatic carbocycles. The first-order valence-corrected chi connectivity index (χ1v) is 5.77. The maximum Gasteiger partial charge on any atom is 0.232 e. The summed E-state index contributed by atoms with van der Waals surface area (Å²) < 4.78 is 24.5.